The normalized spacial score (nSPS) is 18.7. The van der Waals surface area contributed by atoms with E-state index in [9.17, 15) is 15.1 Å². The van der Waals surface area contributed by atoms with Gasteiger partial charge in [0.2, 0.25) is 0 Å². The molecule has 266 valence electrons. The Morgan fingerprint density at radius 3 is 1.70 bits per heavy atom. The summed E-state index contributed by atoms with van der Waals surface area (Å²) < 4.78 is 251. The van der Waals surface area contributed by atoms with Crippen molar-refractivity contribution in [3.8, 4) is 56.4 Å². The van der Waals surface area contributed by atoms with Crippen LogP contribution in [0.4, 0.5) is 0 Å². The lowest BCUT2D eigenvalue weighted by Gasteiger charge is -2.12. The molecular formula is C51H29N3S3. The zero-order valence-electron chi connectivity index (χ0n) is 56.1. The Morgan fingerprint density at radius 2 is 0.930 bits per heavy atom. The average Bonchev–Trinajstić information content (AvgIpc) is 1.66. The van der Waals surface area contributed by atoms with Crippen LogP contribution in [0.1, 0.15) is 38.4 Å². The number of nitrogens with zero attached hydrogens (tertiary/aromatic N) is 3. The van der Waals surface area contributed by atoms with Crippen molar-refractivity contribution in [2.45, 2.75) is 0 Å². The fourth-order valence-corrected chi connectivity index (χ4v) is 9.63. The first-order chi connectivity index (χ1) is 39.9. The highest BCUT2D eigenvalue weighted by molar-refractivity contribution is 7.27. The molecule has 0 N–H and O–H groups in total. The summed E-state index contributed by atoms with van der Waals surface area (Å²) in [5, 5.41) is -1.27. The van der Waals surface area contributed by atoms with Crippen LogP contribution in [0.3, 0.4) is 0 Å². The third-order valence-corrected chi connectivity index (χ3v) is 12.1. The Balaban J connectivity index is 1.27. The number of thiophene rings is 3. The molecule has 0 amide bonds. The molecule has 0 fully saturated rings. The SMILES string of the molecule is [2H]c1cc2c(sc3c([2H])c([2H])c([2H])c(-c4c([2H])c(-c5c([2H])c([2H])c6sc7c([2H])c([2H])c([2H])c([2H])c7c6c5[2H])c([2H])c5sc6c([2H])c([2H])c([2H])c([2H])c6c45)c32)c(-c2nc(-c3c([2H])c([2H])c([2H])c([2H])c3[2H])nc(-c3c([2H])c([2H])c([2H])c([2H])c3[2H])n2)c1[2H]. The highest BCUT2D eigenvalue weighted by Crippen LogP contribution is 2.49. The Bertz CT molecular complexity index is 5040. The summed E-state index contributed by atoms with van der Waals surface area (Å²) in [6.07, 6.45) is 0. The second-order valence-corrected chi connectivity index (χ2v) is 15.2. The van der Waals surface area contributed by atoms with Gasteiger partial charge in [0, 0.05) is 77.2 Å². The average molecular weight is 808 g/mol. The number of rotatable bonds is 5. The Hall–Kier alpha value is -6.57. The van der Waals surface area contributed by atoms with E-state index in [1.54, 1.807) is 0 Å². The van der Waals surface area contributed by atoms with Gasteiger partial charge in [-0.2, -0.15) is 0 Å². The van der Waals surface area contributed by atoms with Crippen molar-refractivity contribution in [1.29, 1.82) is 0 Å². The first-order valence-electron chi connectivity index (χ1n) is 30.6. The van der Waals surface area contributed by atoms with Crippen LogP contribution in [-0.2, 0) is 0 Å². The van der Waals surface area contributed by atoms with E-state index in [2.05, 4.69) is 15.0 Å². The topological polar surface area (TPSA) is 38.7 Å². The van der Waals surface area contributed by atoms with E-state index in [4.69, 9.17) is 23.3 Å². The van der Waals surface area contributed by atoms with Gasteiger partial charge in [0.25, 0.3) is 0 Å². The molecule has 0 aliphatic carbocycles. The fourth-order valence-electron chi connectivity index (χ4n) is 6.55. The molecule has 0 bridgehead atoms. The van der Waals surface area contributed by atoms with Crippen molar-refractivity contribution in [2.24, 2.45) is 0 Å². The van der Waals surface area contributed by atoms with Gasteiger partial charge >= 0.3 is 0 Å². The lowest BCUT2D eigenvalue weighted by Crippen LogP contribution is -2.00. The quantitative estimate of drug-likeness (QED) is 0.174. The first kappa shape index (κ1) is 15.4. The molecule has 4 heterocycles. The Morgan fingerprint density at radius 1 is 0.333 bits per heavy atom. The van der Waals surface area contributed by atoms with Crippen LogP contribution in [0.5, 0.6) is 0 Å². The molecule has 8 aromatic carbocycles. The van der Waals surface area contributed by atoms with Crippen molar-refractivity contribution in [1.82, 2.24) is 15.0 Å². The van der Waals surface area contributed by atoms with Crippen LogP contribution >= 0.6 is 34.0 Å². The van der Waals surface area contributed by atoms with E-state index >= 15 is 0 Å². The molecule has 0 spiro atoms. The van der Waals surface area contributed by atoms with Gasteiger partial charge in [0.15, 0.2) is 17.5 Å². The monoisotopic (exact) mass is 807 g/mol. The third-order valence-electron chi connectivity index (χ3n) is 8.96. The molecule has 6 heteroatoms. The largest absolute Gasteiger partial charge is 0.208 e. The lowest BCUT2D eigenvalue weighted by atomic mass is 9.91. The summed E-state index contributed by atoms with van der Waals surface area (Å²) in [5.74, 6) is -2.09. The second kappa shape index (κ2) is 13.0. The molecule has 12 rings (SSSR count). The van der Waals surface area contributed by atoms with Crippen molar-refractivity contribution < 1.29 is 38.4 Å². The summed E-state index contributed by atoms with van der Waals surface area (Å²) in [5.41, 5.74) is -3.79. The number of benzene rings is 8. The zero-order valence-corrected chi connectivity index (χ0v) is 30.6. The minimum atomic E-state index is -0.844. The van der Waals surface area contributed by atoms with Gasteiger partial charge < -0.3 is 0 Å². The molecule has 4 aromatic heterocycles. The number of hydrogen-bond acceptors (Lipinski definition) is 6. The second-order valence-electron chi connectivity index (χ2n) is 12.2. The van der Waals surface area contributed by atoms with E-state index in [1.807, 2.05) is 0 Å². The number of aromatic nitrogens is 3. The minimum absolute atomic E-state index is 0.0542. The smallest absolute Gasteiger partial charge is 0.165 e. The number of hydrogen-bond donors (Lipinski definition) is 0. The van der Waals surface area contributed by atoms with Gasteiger partial charge in [0.05, 0.1) is 38.4 Å². The van der Waals surface area contributed by atoms with E-state index in [-0.39, 0.29) is 60.5 Å². The molecule has 12 aromatic rings. The van der Waals surface area contributed by atoms with Gasteiger partial charge in [-0.05, 0) is 70.6 Å². The van der Waals surface area contributed by atoms with Gasteiger partial charge in [0.1, 0.15) is 0 Å². The Labute approximate surface area is 379 Å². The highest BCUT2D eigenvalue weighted by Gasteiger charge is 2.21. The molecule has 0 radical (unpaired) electrons. The van der Waals surface area contributed by atoms with E-state index in [0.29, 0.717) is 22.7 Å². The number of fused-ring (bicyclic) bond motifs is 9. The van der Waals surface area contributed by atoms with Crippen LogP contribution in [0.2, 0.25) is 0 Å². The summed E-state index contributed by atoms with van der Waals surface area (Å²) >= 11 is 2.05. The highest BCUT2D eigenvalue weighted by atomic mass is 32.1. The van der Waals surface area contributed by atoms with E-state index in [0.717, 1.165) is 17.4 Å². The molecular weight excluding hydrogens is 751 g/mol. The van der Waals surface area contributed by atoms with Crippen molar-refractivity contribution >= 4 is 94.5 Å². The predicted octanol–water partition coefficient (Wildman–Crippen LogP) is 15.3. The van der Waals surface area contributed by atoms with Crippen LogP contribution in [0.15, 0.2) is 175 Å². The minimum Gasteiger partial charge on any atom is -0.208 e. The summed E-state index contributed by atoms with van der Waals surface area (Å²) in [6, 6.07) is -19.3. The maximum Gasteiger partial charge on any atom is 0.165 e. The maximum atomic E-state index is 10.3. The van der Waals surface area contributed by atoms with Crippen LogP contribution < -0.4 is 0 Å². The molecule has 0 saturated heterocycles. The molecule has 0 unspecified atom stereocenters. The van der Waals surface area contributed by atoms with E-state index in [1.165, 1.54) is 0 Å². The predicted molar refractivity (Wildman–Crippen MR) is 246 cm³/mol. The van der Waals surface area contributed by atoms with Gasteiger partial charge in [-0.25, -0.2) is 15.0 Å². The molecule has 0 saturated carbocycles. The van der Waals surface area contributed by atoms with E-state index < -0.39 is 226 Å². The van der Waals surface area contributed by atoms with Gasteiger partial charge in [-0.15, -0.1) is 34.0 Å². The van der Waals surface area contributed by atoms with Gasteiger partial charge in [-0.3, -0.25) is 0 Å². The van der Waals surface area contributed by atoms with Crippen LogP contribution in [-0.4, -0.2) is 15.0 Å². The zero-order chi connectivity index (χ0) is 61.8. The molecule has 3 nitrogen and oxygen atoms in total. The Kier molecular flexibility index (Phi) is 3.51. The van der Waals surface area contributed by atoms with Crippen molar-refractivity contribution in [3.63, 3.8) is 0 Å². The van der Waals surface area contributed by atoms with Crippen molar-refractivity contribution in [3.05, 3.63) is 175 Å². The molecule has 0 aliphatic heterocycles. The van der Waals surface area contributed by atoms with Crippen molar-refractivity contribution in [2.75, 3.05) is 0 Å². The van der Waals surface area contributed by atoms with Crippen LogP contribution in [0.25, 0.3) is 117 Å². The standard InChI is InChI=1S/C51H29N3S3/c1-3-13-30(14-4-1)49-52-50(31-15-5-2-6-16-31)54-51(53-49)38-21-11-20-37-46-35(19-12-24-44(46)57-48(37)38)40-28-33(29-45-47(40)36-18-8-10-23-42(36)56-45)32-25-26-43-39(27-32)34-17-7-9-22-41(34)55-43/h1-29H/i1D,2D,3D,4D,5D,6D,7D,8D,9D,10D,11D,12D,13D,14D,15D,16D,17D,18D,19D,21D,22D,23D,24D,25D,26D,27D,28D,29D. The molecule has 0 atom stereocenters. The molecule has 0 aliphatic rings. The summed E-state index contributed by atoms with van der Waals surface area (Å²) in [4.78, 5) is 13.3. The molecule has 57 heavy (non-hydrogen) atoms. The third kappa shape index (κ3) is 5.33. The first-order valence-corrected chi connectivity index (χ1v) is 19.1. The fraction of sp³-hybridized carbons (Fsp3) is 0. The summed E-state index contributed by atoms with van der Waals surface area (Å²) in [6.45, 7) is 0. The van der Waals surface area contributed by atoms with Gasteiger partial charge in [-0.1, -0.05) is 127 Å². The lowest BCUT2D eigenvalue weighted by molar-refractivity contribution is 1.08. The maximum absolute atomic E-state index is 10.3. The summed E-state index contributed by atoms with van der Waals surface area (Å²) in [7, 11) is 0. The van der Waals surface area contributed by atoms with Crippen LogP contribution in [0, 0.1) is 0 Å².